The first-order valence-corrected chi connectivity index (χ1v) is 6.58. The fraction of sp³-hybridized carbons (Fsp3) is 0.200. The Hall–Kier alpha value is -2.14. The lowest BCUT2D eigenvalue weighted by atomic mass is 10.1. The highest BCUT2D eigenvalue weighted by molar-refractivity contribution is 6.32. The van der Waals surface area contributed by atoms with Crippen molar-refractivity contribution in [3.8, 4) is 11.5 Å². The van der Waals surface area contributed by atoms with E-state index in [1.165, 1.54) is 20.3 Å². The SMILES string of the molecule is COc1cc(OC)c(Nc2cc(C)c(F)cc2N)cc1Cl. The number of benzene rings is 2. The van der Waals surface area contributed by atoms with Gasteiger partial charge in [-0.3, -0.25) is 0 Å². The summed E-state index contributed by atoms with van der Waals surface area (Å²) in [5.74, 6) is 0.692. The van der Waals surface area contributed by atoms with Gasteiger partial charge in [0.25, 0.3) is 0 Å². The maximum atomic E-state index is 13.4. The Morgan fingerprint density at radius 2 is 1.71 bits per heavy atom. The number of aryl methyl sites for hydroxylation is 1. The van der Waals surface area contributed by atoms with E-state index in [1.54, 1.807) is 25.1 Å². The first-order chi connectivity index (χ1) is 9.96. The van der Waals surface area contributed by atoms with E-state index in [0.29, 0.717) is 39.1 Å². The van der Waals surface area contributed by atoms with Crippen LogP contribution in [0.15, 0.2) is 24.3 Å². The molecule has 6 heteroatoms. The predicted molar refractivity (Wildman–Crippen MR) is 83.4 cm³/mol. The van der Waals surface area contributed by atoms with Gasteiger partial charge in [-0.05, 0) is 30.7 Å². The summed E-state index contributed by atoms with van der Waals surface area (Å²) in [5, 5.41) is 3.52. The molecule has 21 heavy (non-hydrogen) atoms. The van der Waals surface area contributed by atoms with E-state index in [1.807, 2.05) is 0 Å². The molecular formula is C15H16ClFN2O2. The van der Waals surface area contributed by atoms with Crippen LogP contribution >= 0.6 is 11.6 Å². The molecule has 0 fully saturated rings. The Kier molecular flexibility index (Phi) is 4.43. The molecule has 2 aromatic rings. The third kappa shape index (κ3) is 3.13. The van der Waals surface area contributed by atoms with Crippen molar-refractivity contribution in [1.29, 1.82) is 0 Å². The Labute approximate surface area is 127 Å². The summed E-state index contributed by atoms with van der Waals surface area (Å²) in [6, 6.07) is 6.23. The zero-order chi connectivity index (χ0) is 15.6. The molecule has 0 saturated heterocycles. The summed E-state index contributed by atoms with van der Waals surface area (Å²) < 4.78 is 23.9. The molecule has 0 amide bonds. The fourth-order valence-corrected chi connectivity index (χ4v) is 2.15. The Morgan fingerprint density at radius 3 is 2.33 bits per heavy atom. The highest BCUT2D eigenvalue weighted by atomic mass is 35.5. The molecule has 0 saturated carbocycles. The van der Waals surface area contributed by atoms with Crippen molar-refractivity contribution in [2.75, 3.05) is 25.3 Å². The second-order valence-corrected chi connectivity index (χ2v) is 4.91. The standard InChI is InChI=1S/C15H16ClFN2O2/c1-8-4-12(11(18)6-10(8)17)19-13-5-9(16)14(20-2)7-15(13)21-3/h4-7,19H,18H2,1-3H3. The normalized spacial score (nSPS) is 10.3. The number of hydrogen-bond donors (Lipinski definition) is 2. The minimum atomic E-state index is -0.349. The third-order valence-corrected chi connectivity index (χ3v) is 3.37. The third-order valence-electron chi connectivity index (χ3n) is 3.07. The lowest BCUT2D eigenvalue weighted by molar-refractivity contribution is 0.396. The van der Waals surface area contributed by atoms with Crippen LogP contribution in [-0.2, 0) is 0 Å². The van der Waals surface area contributed by atoms with Gasteiger partial charge in [0.2, 0.25) is 0 Å². The van der Waals surface area contributed by atoms with Crippen LogP contribution in [0.5, 0.6) is 11.5 Å². The summed E-state index contributed by atoms with van der Waals surface area (Å²) in [4.78, 5) is 0. The lowest BCUT2D eigenvalue weighted by Crippen LogP contribution is -2.01. The van der Waals surface area contributed by atoms with Gasteiger partial charge in [-0.2, -0.15) is 0 Å². The number of rotatable bonds is 4. The predicted octanol–water partition coefficient (Wildman–Crippen LogP) is 4.13. The number of ether oxygens (including phenoxy) is 2. The van der Waals surface area contributed by atoms with Gasteiger partial charge >= 0.3 is 0 Å². The number of nitrogens with two attached hydrogens (primary N) is 1. The molecule has 0 radical (unpaired) electrons. The van der Waals surface area contributed by atoms with E-state index in [2.05, 4.69) is 5.32 Å². The van der Waals surface area contributed by atoms with E-state index < -0.39 is 0 Å². The van der Waals surface area contributed by atoms with Gasteiger partial charge in [0.1, 0.15) is 17.3 Å². The first-order valence-electron chi connectivity index (χ1n) is 6.20. The average Bonchev–Trinajstić information content (AvgIpc) is 2.45. The molecule has 0 aliphatic carbocycles. The Balaban J connectivity index is 2.44. The van der Waals surface area contributed by atoms with Gasteiger partial charge in [-0.15, -0.1) is 0 Å². The van der Waals surface area contributed by atoms with Gasteiger partial charge in [-0.1, -0.05) is 11.6 Å². The summed E-state index contributed by atoms with van der Waals surface area (Å²) in [6.07, 6.45) is 0. The lowest BCUT2D eigenvalue weighted by Gasteiger charge is -2.15. The second-order valence-electron chi connectivity index (χ2n) is 4.50. The van der Waals surface area contributed by atoms with E-state index in [0.717, 1.165) is 0 Å². The van der Waals surface area contributed by atoms with Gasteiger partial charge in [0.05, 0.1) is 36.3 Å². The van der Waals surface area contributed by atoms with Gasteiger partial charge in [0, 0.05) is 6.07 Å². The van der Waals surface area contributed by atoms with Gasteiger partial charge in [0.15, 0.2) is 0 Å². The van der Waals surface area contributed by atoms with Gasteiger partial charge < -0.3 is 20.5 Å². The molecule has 0 spiro atoms. The van der Waals surface area contributed by atoms with E-state index >= 15 is 0 Å². The number of halogens is 2. The van der Waals surface area contributed by atoms with Crippen molar-refractivity contribution in [2.45, 2.75) is 6.92 Å². The monoisotopic (exact) mass is 310 g/mol. The number of anilines is 3. The smallest absolute Gasteiger partial charge is 0.146 e. The highest BCUT2D eigenvalue weighted by Gasteiger charge is 2.12. The zero-order valence-corrected chi connectivity index (χ0v) is 12.7. The van der Waals surface area contributed by atoms with E-state index in [9.17, 15) is 4.39 Å². The molecule has 0 aliphatic rings. The molecule has 112 valence electrons. The number of hydrogen-bond acceptors (Lipinski definition) is 4. The van der Waals surface area contributed by atoms with Crippen molar-refractivity contribution in [3.63, 3.8) is 0 Å². The van der Waals surface area contributed by atoms with Crippen LogP contribution in [0.1, 0.15) is 5.56 Å². The van der Waals surface area contributed by atoms with E-state index in [-0.39, 0.29) is 5.82 Å². The summed E-state index contributed by atoms with van der Waals surface area (Å²) in [6.45, 7) is 1.66. The molecule has 2 rings (SSSR count). The minimum Gasteiger partial charge on any atom is -0.495 e. The summed E-state index contributed by atoms with van der Waals surface area (Å²) >= 11 is 6.11. The zero-order valence-electron chi connectivity index (χ0n) is 12.0. The highest BCUT2D eigenvalue weighted by Crippen LogP contribution is 2.38. The topological polar surface area (TPSA) is 56.5 Å². The molecule has 0 bridgehead atoms. The molecule has 0 heterocycles. The van der Waals surface area contributed by atoms with Crippen LogP contribution in [0.4, 0.5) is 21.5 Å². The molecular weight excluding hydrogens is 295 g/mol. The van der Waals surface area contributed by atoms with Crippen LogP contribution in [-0.4, -0.2) is 14.2 Å². The molecule has 0 unspecified atom stereocenters. The van der Waals surface area contributed by atoms with E-state index in [4.69, 9.17) is 26.8 Å². The van der Waals surface area contributed by atoms with Crippen LogP contribution in [0.3, 0.4) is 0 Å². The molecule has 2 aromatic carbocycles. The Morgan fingerprint density at radius 1 is 1.05 bits per heavy atom. The fourth-order valence-electron chi connectivity index (χ4n) is 1.91. The largest absolute Gasteiger partial charge is 0.495 e. The number of methoxy groups -OCH3 is 2. The molecule has 0 aliphatic heterocycles. The van der Waals surface area contributed by atoms with Crippen LogP contribution in [0.2, 0.25) is 5.02 Å². The van der Waals surface area contributed by atoms with Crippen molar-refractivity contribution in [2.24, 2.45) is 0 Å². The quantitative estimate of drug-likeness (QED) is 0.834. The van der Waals surface area contributed by atoms with Crippen molar-refractivity contribution < 1.29 is 13.9 Å². The van der Waals surface area contributed by atoms with Crippen LogP contribution in [0.25, 0.3) is 0 Å². The van der Waals surface area contributed by atoms with Crippen molar-refractivity contribution in [1.82, 2.24) is 0 Å². The maximum absolute atomic E-state index is 13.4. The molecule has 4 nitrogen and oxygen atoms in total. The molecule has 3 N–H and O–H groups in total. The van der Waals surface area contributed by atoms with Crippen LogP contribution in [0, 0.1) is 12.7 Å². The summed E-state index contributed by atoms with van der Waals surface area (Å²) in [7, 11) is 3.06. The average molecular weight is 311 g/mol. The van der Waals surface area contributed by atoms with Crippen molar-refractivity contribution >= 4 is 28.7 Å². The van der Waals surface area contributed by atoms with Crippen LogP contribution < -0.4 is 20.5 Å². The Bertz CT molecular complexity index is 677. The number of nitrogens with one attached hydrogen (secondary N) is 1. The van der Waals surface area contributed by atoms with Crippen molar-refractivity contribution in [3.05, 3.63) is 40.7 Å². The van der Waals surface area contributed by atoms with Gasteiger partial charge in [-0.25, -0.2) is 4.39 Å². The summed E-state index contributed by atoms with van der Waals surface area (Å²) in [5.41, 5.74) is 7.80. The molecule has 0 atom stereocenters. The minimum absolute atomic E-state index is 0.298. The molecule has 0 aromatic heterocycles. The second kappa shape index (κ2) is 6.10. The maximum Gasteiger partial charge on any atom is 0.146 e. The first kappa shape index (κ1) is 15.3. The number of nitrogen functional groups attached to an aromatic ring is 1.